The summed E-state index contributed by atoms with van der Waals surface area (Å²) in [5, 5.41) is 1.75. The van der Waals surface area contributed by atoms with Gasteiger partial charge in [-0.05, 0) is 46.9 Å². The van der Waals surface area contributed by atoms with E-state index < -0.39 is 5.97 Å². The van der Waals surface area contributed by atoms with Crippen molar-refractivity contribution in [3.05, 3.63) is 89.5 Å². The summed E-state index contributed by atoms with van der Waals surface area (Å²) in [4.78, 5) is 15.7. The van der Waals surface area contributed by atoms with Gasteiger partial charge in [-0.2, -0.15) is 0 Å². The van der Waals surface area contributed by atoms with E-state index in [1.165, 1.54) is 7.11 Å². The summed E-state index contributed by atoms with van der Waals surface area (Å²) in [5.41, 5.74) is 4.79. The molecule has 40 heavy (non-hydrogen) atoms. The van der Waals surface area contributed by atoms with Crippen LogP contribution in [0.5, 0.6) is 17.2 Å². The van der Waals surface area contributed by atoms with E-state index in [0.717, 1.165) is 57.7 Å². The van der Waals surface area contributed by atoms with Gasteiger partial charge in [0.15, 0.2) is 0 Å². The van der Waals surface area contributed by atoms with Crippen LogP contribution in [0.1, 0.15) is 27.6 Å². The van der Waals surface area contributed by atoms with Gasteiger partial charge >= 0.3 is 5.97 Å². The smallest absolute Gasteiger partial charge is 0.339 e. The van der Waals surface area contributed by atoms with Gasteiger partial charge < -0.3 is 28.6 Å². The van der Waals surface area contributed by atoms with Crippen LogP contribution in [0.2, 0.25) is 0 Å². The number of esters is 1. The van der Waals surface area contributed by atoms with E-state index in [9.17, 15) is 4.79 Å². The molecule has 0 amide bonds. The van der Waals surface area contributed by atoms with Crippen LogP contribution >= 0.6 is 0 Å². The van der Waals surface area contributed by atoms with E-state index >= 15 is 0 Å². The Morgan fingerprint density at radius 1 is 0.900 bits per heavy atom. The Balaban J connectivity index is 1.63. The summed E-state index contributed by atoms with van der Waals surface area (Å²) < 4.78 is 28.9. The Hall–Kier alpha value is -4.49. The Morgan fingerprint density at radius 2 is 1.65 bits per heavy atom. The fourth-order valence-corrected chi connectivity index (χ4v) is 5.53. The SMILES string of the molecule is COC(=O)c1c2c(c3cc(OC)c(N4CCOCC4)cc3c1-c1ccccc1)OC(c1ccc(OC)cc1)C=C2. The summed E-state index contributed by atoms with van der Waals surface area (Å²) in [5.74, 6) is 1.71. The third-order valence-electron chi connectivity index (χ3n) is 7.53. The Morgan fingerprint density at radius 3 is 2.33 bits per heavy atom. The van der Waals surface area contributed by atoms with Crippen LogP contribution < -0.4 is 19.1 Å². The van der Waals surface area contributed by atoms with Gasteiger partial charge in [0.25, 0.3) is 0 Å². The number of morpholine rings is 1. The van der Waals surface area contributed by atoms with Crippen molar-refractivity contribution in [3.8, 4) is 28.4 Å². The number of hydrogen-bond donors (Lipinski definition) is 0. The van der Waals surface area contributed by atoms with Crippen molar-refractivity contribution in [2.24, 2.45) is 0 Å². The Kier molecular flexibility index (Phi) is 7.05. The summed E-state index contributed by atoms with van der Waals surface area (Å²) in [6.07, 6.45) is 3.59. The van der Waals surface area contributed by atoms with Crippen LogP contribution in [0, 0.1) is 0 Å². The first-order chi connectivity index (χ1) is 19.6. The number of hydrogen-bond acceptors (Lipinski definition) is 7. The highest BCUT2D eigenvalue weighted by atomic mass is 16.5. The number of rotatable bonds is 6. The molecule has 1 unspecified atom stereocenters. The molecule has 4 aromatic carbocycles. The largest absolute Gasteiger partial charge is 0.497 e. The van der Waals surface area contributed by atoms with Gasteiger partial charge in [0, 0.05) is 29.6 Å². The molecule has 0 saturated carbocycles. The first-order valence-corrected chi connectivity index (χ1v) is 13.3. The second-order valence-electron chi connectivity index (χ2n) is 9.69. The fraction of sp³-hybridized carbons (Fsp3) is 0.242. The van der Waals surface area contributed by atoms with Crippen molar-refractivity contribution in [2.75, 3.05) is 52.5 Å². The minimum Gasteiger partial charge on any atom is -0.497 e. The monoisotopic (exact) mass is 537 g/mol. The minimum atomic E-state index is -0.420. The van der Waals surface area contributed by atoms with Crippen LogP contribution in [0.25, 0.3) is 28.0 Å². The molecule has 0 bridgehead atoms. The van der Waals surface area contributed by atoms with Gasteiger partial charge in [-0.25, -0.2) is 4.79 Å². The molecule has 2 heterocycles. The number of benzene rings is 4. The van der Waals surface area contributed by atoms with Gasteiger partial charge in [0.2, 0.25) is 0 Å². The van der Waals surface area contributed by atoms with Crippen molar-refractivity contribution in [2.45, 2.75) is 6.10 Å². The summed E-state index contributed by atoms with van der Waals surface area (Å²) >= 11 is 0. The predicted molar refractivity (Wildman–Crippen MR) is 156 cm³/mol. The van der Waals surface area contributed by atoms with Crippen molar-refractivity contribution in [1.29, 1.82) is 0 Å². The van der Waals surface area contributed by atoms with Crippen LogP contribution in [-0.4, -0.2) is 53.6 Å². The molecule has 2 aliphatic rings. The highest BCUT2D eigenvalue weighted by Gasteiger charge is 2.30. The molecule has 0 N–H and O–H groups in total. The van der Waals surface area contributed by atoms with E-state index in [4.69, 9.17) is 23.7 Å². The number of nitrogens with zero attached hydrogens (tertiary/aromatic N) is 1. The molecule has 0 aliphatic carbocycles. The lowest BCUT2D eigenvalue weighted by atomic mass is 9.86. The molecule has 1 atom stereocenters. The third kappa shape index (κ3) is 4.52. The summed E-state index contributed by atoms with van der Waals surface area (Å²) in [6.45, 7) is 2.77. The zero-order valence-corrected chi connectivity index (χ0v) is 22.8. The van der Waals surface area contributed by atoms with E-state index in [0.29, 0.717) is 30.1 Å². The molecule has 0 radical (unpaired) electrons. The lowest BCUT2D eigenvalue weighted by Crippen LogP contribution is -2.36. The lowest BCUT2D eigenvalue weighted by Gasteiger charge is -2.32. The van der Waals surface area contributed by atoms with Gasteiger partial charge in [0.1, 0.15) is 23.4 Å². The highest BCUT2D eigenvalue weighted by molar-refractivity contribution is 6.15. The van der Waals surface area contributed by atoms with Gasteiger partial charge in [-0.3, -0.25) is 0 Å². The van der Waals surface area contributed by atoms with Gasteiger partial charge in [0.05, 0.1) is 45.8 Å². The second-order valence-corrected chi connectivity index (χ2v) is 9.69. The van der Waals surface area contributed by atoms with Crippen LogP contribution in [0.3, 0.4) is 0 Å². The quantitative estimate of drug-likeness (QED) is 0.268. The first kappa shape index (κ1) is 25.8. The Bertz CT molecular complexity index is 1570. The molecular weight excluding hydrogens is 506 g/mol. The third-order valence-corrected chi connectivity index (χ3v) is 7.53. The lowest BCUT2D eigenvalue weighted by molar-refractivity contribution is 0.0600. The molecule has 0 aromatic heterocycles. The zero-order valence-electron chi connectivity index (χ0n) is 22.8. The van der Waals surface area contributed by atoms with Crippen molar-refractivity contribution < 1.29 is 28.5 Å². The maximum Gasteiger partial charge on any atom is 0.339 e. The number of fused-ring (bicyclic) bond motifs is 3. The van der Waals surface area contributed by atoms with Crippen molar-refractivity contribution in [3.63, 3.8) is 0 Å². The molecular formula is C33H31NO6. The molecule has 0 spiro atoms. The second kappa shape index (κ2) is 10.9. The fourth-order valence-electron chi connectivity index (χ4n) is 5.53. The molecule has 7 nitrogen and oxygen atoms in total. The first-order valence-electron chi connectivity index (χ1n) is 13.3. The molecule has 204 valence electrons. The normalized spacial score (nSPS) is 16.3. The zero-order chi connectivity index (χ0) is 27.6. The van der Waals surface area contributed by atoms with E-state index in [-0.39, 0.29) is 6.10 Å². The standard InChI is InChI=1S/C33H31NO6/c1-36-23-11-9-21(10-12-23)28-14-13-24-31(33(35)38-3)30(22-7-5-4-6-8-22)25-19-27(34-15-17-39-18-16-34)29(37-2)20-26(25)32(24)40-28/h4-14,19-20,28H,15-18H2,1-3H3. The highest BCUT2D eigenvalue weighted by Crippen LogP contribution is 2.49. The van der Waals surface area contributed by atoms with Crippen molar-refractivity contribution >= 4 is 28.5 Å². The average molecular weight is 538 g/mol. The molecule has 1 fully saturated rings. The van der Waals surface area contributed by atoms with Crippen molar-refractivity contribution in [1.82, 2.24) is 0 Å². The molecule has 6 rings (SSSR count). The maximum atomic E-state index is 13.5. The molecule has 2 aliphatic heterocycles. The van der Waals surface area contributed by atoms with E-state index in [2.05, 4.69) is 11.0 Å². The Labute approximate surface area is 233 Å². The van der Waals surface area contributed by atoms with Crippen LogP contribution in [0.15, 0.2) is 72.8 Å². The van der Waals surface area contributed by atoms with Gasteiger partial charge in [-0.1, -0.05) is 48.5 Å². The topological polar surface area (TPSA) is 66.5 Å². The molecule has 4 aromatic rings. The van der Waals surface area contributed by atoms with Gasteiger partial charge in [-0.15, -0.1) is 0 Å². The number of anilines is 1. The molecule has 7 heteroatoms. The maximum absolute atomic E-state index is 13.5. The van der Waals surface area contributed by atoms with Crippen LogP contribution in [-0.2, 0) is 9.47 Å². The average Bonchev–Trinajstić information content (AvgIpc) is 3.03. The summed E-state index contributed by atoms with van der Waals surface area (Å²) in [6, 6.07) is 21.9. The molecule has 1 saturated heterocycles. The predicted octanol–water partition coefficient (Wildman–Crippen LogP) is 6.29. The van der Waals surface area contributed by atoms with E-state index in [1.807, 2.05) is 72.8 Å². The van der Waals surface area contributed by atoms with E-state index in [1.54, 1.807) is 14.2 Å². The summed E-state index contributed by atoms with van der Waals surface area (Å²) in [7, 11) is 4.74. The number of methoxy groups -OCH3 is 3. The number of ether oxygens (including phenoxy) is 5. The number of carbonyl (C=O) groups is 1. The number of carbonyl (C=O) groups excluding carboxylic acids is 1. The van der Waals surface area contributed by atoms with Crippen LogP contribution in [0.4, 0.5) is 5.69 Å². The minimum absolute atomic E-state index is 0.348.